The molecule has 0 amide bonds. The summed E-state index contributed by atoms with van der Waals surface area (Å²) < 4.78 is 40.3. The van der Waals surface area contributed by atoms with Crippen molar-refractivity contribution in [3.05, 3.63) is 64.4 Å². The lowest BCUT2D eigenvalue weighted by Gasteiger charge is -2.07. The highest BCUT2D eigenvalue weighted by Crippen LogP contribution is 2.15. The van der Waals surface area contributed by atoms with E-state index in [1.807, 2.05) is 0 Å². The lowest BCUT2D eigenvalue weighted by atomic mass is 10.1. The van der Waals surface area contributed by atoms with Crippen LogP contribution in [0.15, 0.2) is 57.9 Å². The third-order valence-electron chi connectivity index (χ3n) is 2.70. The summed E-state index contributed by atoms with van der Waals surface area (Å²) in [6, 6.07) is 12.6. The second-order valence-electron chi connectivity index (χ2n) is 4.24. The lowest BCUT2D eigenvalue weighted by Crippen LogP contribution is -2.26. The first-order valence-electron chi connectivity index (χ1n) is 5.97. The Hall–Kier alpha value is -1.24. The summed E-state index contributed by atoms with van der Waals surface area (Å²) in [7, 11) is -3.54. The predicted octanol–water partition coefficient (Wildman–Crippen LogP) is 3.11. The molecule has 0 unspecified atom stereocenters. The molecule has 0 atom stereocenters. The molecule has 0 aliphatic heterocycles. The fourth-order valence-corrected chi connectivity index (χ4v) is 3.37. The second-order valence-corrected chi connectivity index (χ2v) is 6.92. The number of sulfonamides is 1. The molecule has 20 heavy (non-hydrogen) atoms. The summed E-state index contributed by atoms with van der Waals surface area (Å²) in [4.78, 5) is 0.200. The zero-order chi connectivity index (χ0) is 14.6. The Morgan fingerprint density at radius 3 is 2.55 bits per heavy atom. The van der Waals surface area contributed by atoms with E-state index < -0.39 is 10.0 Å². The Morgan fingerprint density at radius 1 is 1.10 bits per heavy atom. The van der Waals surface area contributed by atoms with Crippen LogP contribution < -0.4 is 4.72 Å². The fraction of sp³-hybridized carbons (Fsp3) is 0.143. The zero-order valence-corrected chi connectivity index (χ0v) is 12.9. The van der Waals surface area contributed by atoms with Crippen molar-refractivity contribution in [1.29, 1.82) is 0 Å². The van der Waals surface area contributed by atoms with Crippen LogP contribution in [0, 0.1) is 5.82 Å². The maximum atomic E-state index is 13.0. The normalized spacial score (nSPS) is 11.5. The van der Waals surface area contributed by atoms with Crippen molar-refractivity contribution >= 4 is 26.0 Å². The van der Waals surface area contributed by atoms with Crippen molar-refractivity contribution in [2.75, 3.05) is 6.54 Å². The molecular formula is C14H13BrFNO2S. The van der Waals surface area contributed by atoms with Gasteiger partial charge in [-0.2, -0.15) is 0 Å². The molecule has 0 fully saturated rings. The minimum Gasteiger partial charge on any atom is -0.211 e. The van der Waals surface area contributed by atoms with Gasteiger partial charge in [-0.15, -0.1) is 0 Å². The van der Waals surface area contributed by atoms with Gasteiger partial charge in [0.1, 0.15) is 5.82 Å². The summed E-state index contributed by atoms with van der Waals surface area (Å²) in [5, 5.41) is 0. The molecule has 2 rings (SSSR count). The molecule has 3 nitrogen and oxygen atoms in total. The van der Waals surface area contributed by atoms with E-state index >= 15 is 0 Å². The van der Waals surface area contributed by atoms with Crippen LogP contribution in [0.5, 0.6) is 0 Å². The second kappa shape index (κ2) is 6.47. The Morgan fingerprint density at radius 2 is 1.85 bits per heavy atom. The van der Waals surface area contributed by atoms with E-state index in [2.05, 4.69) is 20.7 Å². The van der Waals surface area contributed by atoms with Crippen LogP contribution in [0.1, 0.15) is 5.56 Å². The van der Waals surface area contributed by atoms with Gasteiger partial charge in [0, 0.05) is 11.0 Å². The predicted molar refractivity (Wildman–Crippen MR) is 79.4 cm³/mol. The Kier molecular flexibility index (Phi) is 4.91. The molecule has 0 saturated heterocycles. The number of hydrogen-bond acceptors (Lipinski definition) is 2. The Balaban J connectivity index is 2.00. The molecule has 0 aliphatic rings. The average molecular weight is 358 g/mol. The molecule has 0 bridgehead atoms. The minimum atomic E-state index is -3.54. The van der Waals surface area contributed by atoms with Crippen LogP contribution in [0.25, 0.3) is 0 Å². The molecule has 6 heteroatoms. The van der Waals surface area contributed by atoms with E-state index in [1.165, 1.54) is 24.3 Å². The molecule has 2 aromatic rings. The van der Waals surface area contributed by atoms with Crippen LogP contribution in [0.4, 0.5) is 4.39 Å². The monoisotopic (exact) mass is 357 g/mol. The van der Waals surface area contributed by atoms with Gasteiger partial charge in [0.05, 0.1) is 4.90 Å². The fourth-order valence-electron chi connectivity index (χ4n) is 1.74. The standard InChI is InChI=1S/C14H13BrFNO2S/c15-12-4-2-6-14(10-12)20(18,19)17-8-7-11-3-1-5-13(16)9-11/h1-6,9-10,17H,7-8H2. The third-order valence-corrected chi connectivity index (χ3v) is 4.65. The minimum absolute atomic E-state index is 0.200. The van der Waals surface area contributed by atoms with Gasteiger partial charge >= 0.3 is 0 Å². The summed E-state index contributed by atoms with van der Waals surface area (Å²) in [5.74, 6) is -0.322. The van der Waals surface area contributed by atoms with Gasteiger partial charge in [0.15, 0.2) is 0 Å². The van der Waals surface area contributed by atoms with E-state index in [0.717, 1.165) is 5.56 Å². The Labute approximate surface area is 126 Å². The topological polar surface area (TPSA) is 46.2 Å². The largest absolute Gasteiger partial charge is 0.240 e. The first-order valence-corrected chi connectivity index (χ1v) is 8.25. The van der Waals surface area contributed by atoms with E-state index in [1.54, 1.807) is 24.3 Å². The summed E-state index contributed by atoms with van der Waals surface area (Å²) in [6.07, 6.45) is 0.436. The highest BCUT2D eigenvalue weighted by Gasteiger charge is 2.13. The van der Waals surface area contributed by atoms with Gasteiger partial charge in [-0.1, -0.05) is 34.1 Å². The van der Waals surface area contributed by atoms with E-state index in [4.69, 9.17) is 0 Å². The van der Waals surface area contributed by atoms with Crippen molar-refractivity contribution in [2.24, 2.45) is 0 Å². The third kappa shape index (κ3) is 4.13. The van der Waals surface area contributed by atoms with Crippen molar-refractivity contribution < 1.29 is 12.8 Å². The van der Waals surface area contributed by atoms with Gasteiger partial charge < -0.3 is 0 Å². The number of rotatable bonds is 5. The smallest absolute Gasteiger partial charge is 0.211 e. The average Bonchev–Trinajstić information content (AvgIpc) is 2.38. The van der Waals surface area contributed by atoms with Gasteiger partial charge in [-0.05, 0) is 42.3 Å². The van der Waals surface area contributed by atoms with Crippen molar-refractivity contribution in [3.63, 3.8) is 0 Å². The van der Waals surface area contributed by atoms with Crippen LogP contribution in [0.2, 0.25) is 0 Å². The van der Waals surface area contributed by atoms with Gasteiger partial charge in [-0.25, -0.2) is 17.5 Å². The van der Waals surface area contributed by atoms with Gasteiger partial charge in [0.25, 0.3) is 0 Å². The molecule has 0 aliphatic carbocycles. The number of benzene rings is 2. The van der Waals surface area contributed by atoms with E-state index in [9.17, 15) is 12.8 Å². The molecule has 106 valence electrons. The zero-order valence-electron chi connectivity index (χ0n) is 10.5. The van der Waals surface area contributed by atoms with E-state index in [0.29, 0.717) is 10.9 Å². The van der Waals surface area contributed by atoms with Crippen molar-refractivity contribution in [3.8, 4) is 0 Å². The molecule has 2 aromatic carbocycles. The first-order chi connectivity index (χ1) is 9.47. The lowest BCUT2D eigenvalue weighted by molar-refractivity contribution is 0.581. The van der Waals surface area contributed by atoms with Crippen molar-refractivity contribution in [1.82, 2.24) is 4.72 Å². The molecule has 0 saturated carbocycles. The van der Waals surface area contributed by atoms with Crippen LogP contribution in [-0.2, 0) is 16.4 Å². The number of halogens is 2. The van der Waals surface area contributed by atoms with E-state index in [-0.39, 0.29) is 17.3 Å². The molecule has 1 N–H and O–H groups in total. The maximum absolute atomic E-state index is 13.0. The molecule has 0 aromatic heterocycles. The highest BCUT2D eigenvalue weighted by atomic mass is 79.9. The SMILES string of the molecule is O=S(=O)(NCCc1cccc(F)c1)c1cccc(Br)c1. The van der Waals surface area contributed by atoms with Crippen LogP contribution in [-0.4, -0.2) is 15.0 Å². The van der Waals surface area contributed by atoms with Gasteiger partial charge in [-0.3, -0.25) is 0 Å². The summed E-state index contributed by atoms with van der Waals surface area (Å²) >= 11 is 3.23. The summed E-state index contributed by atoms with van der Waals surface area (Å²) in [6.45, 7) is 0.221. The first kappa shape index (κ1) is 15.2. The molecule has 0 radical (unpaired) electrons. The number of hydrogen-bond donors (Lipinski definition) is 1. The maximum Gasteiger partial charge on any atom is 0.240 e. The van der Waals surface area contributed by atoms with Crippen LogP contribution in [0.3, 0.4) is 0 Å². The van der Waals surface area contributed by atoms with Crippen LogP contribution >= 0.6 is 15.9 Å². The molecule has 0 heterocycles. The quantitative estimate of drug-likeness (QED) is 0.893. The van der Waals surface area contributed by atoms with Gasteiger partial charge in [0.2, 0.25) is 10.0 Å². The molecule has 0 spiro atoms. The number of nitrogens with one attached hydrogen (secondary N) is 1. The summed E-state index contributed by atoms with van der Waals surface area (Å²) in [5.41, 5.74) is 0.752. The van der Waals surface area contributed by atoms with Crippen molar-refractivity contribution in [2.45, 2.75) is 11.3 Å². The highest BCUT2D eigenvalue weighted by molar-refractivity contribution is 9.10. The molecular weight excluding hydrogens is 345 g/mol. The Bertz CT molecular complexity index is 704.